The molecule has 0 aliphatic heterocycles. The second-order valence-electron chi connectivity index (χ2n) is 6.37. The first-order chi connectivity index (χ1) is 14.5. The lowest BCUT2D eigenvalue weighted by Gasteiger charge is -1.99. The maximum atomic E-state index is 13.7. The number of hydrogen-bond acceptors (Lipinski definition) is 9. The first-order valence-electron chi connectivity index (χ1n) is 8.85. The van der Waals surface area contributed by atoms with Gasteiger partial charge in [0.15, 0.2) is 0 Å². The molecular formula is C17H16FN9OS2. The molecule has 13 heteroatoms. The molecule has 0 spiro atoms. The summed E-state index contributed by atoms with van der Waals surface area (Å²) in [4.78, 5) is 12.2. The highest BCUT2D eigenvalue weighted by Gasteiger charge is 2.15. The third kappa shape index (κ3) is 4.36. The number of carbonyl (C=O) groups is 1. The summed E-state index contributed by atoms with van der Waals surface area (Å²) < 4.78 is 16.5. The van der Waals surface area contributed by atoms with Crippen molar-refractivity contribution in [1.82, 2.24) is 34.7 Å². The monoisotopic (exact) mass is 445 g/mol. The average Bonchev–Trinajstić information content (AvgIpc) is 3.43. The summed E-state index contributed by atoms with van der Waals surface area (Å²) in [5.41, 5.74) is 0.340. The van der Waals surface area contributed by atoms with E-state index < -0.39 is 0 Å². The van der Waals surface area contributed by atoms with Crippen molar-refractivity contribution >= 4 is 46.1 Å². The predicted molar refractivity (Wildman–Crippen MR) is 112 cm³/mol. The second-order valence-corrected chi connectivity index (χ2v) is 8.32. The Labute approximate surface area is 178 Å². The van der Waals surface area contributed by atoms with Gasteiger partial charge in [-0.25, -0.2) is 4.39 Å². The van der Waals surface area contributed by atoms with E-state index in [1.165, 1.54) is 50.9 Å². The molecule has 0 saturated carbocycles. The van der Waals surface area contributed by atoms with Gasteiger partial charge in [-0.05, 0) is 6.07 Å². The molecule has 30 heavy (non-hydrogen) atoms. The summed E-state index contributed by atoms with van der Waals surface area (Å²) in [6.45, 7) is 4.02. The predicted octanol–water partition coefficient (Wildman–Crippen LogP) is 2.65. The normalized spacial score (nSPS) is 11.7. The molecule has 3 heterocycles. The van der Waals surface area contributed by atoms with Crippen molar-refractivity contribution in [3.05, 3.63) is 47.0 Å². The zero-order chi connectivity index (χ0) is 21.1. The second kappa shape index (κ2) is 8.67. The molecule has 1 N–H and O–H groups in total. The van der Waals surface area contributed by atoms with Crippen LogP contribution in [0.4, 0.5) is 9.52 Å². The number of nitrogens with zero attached hydrogens (tertiary/aromatic N) is 8. The van der Waals surface area contributed by atoms with Crippen LogP contribution in [0.1, 0.15) is 30.3 Å². The van der Waals surface area contributed by atoms with Gasteiger partial charge in [-0.2, -0.15) is 19.4 Å². The minimum Gasteiger partial charge on any atom is -0.300 e. The Kier molecular flexibility index (Phi) is 5.81. The molecule has 0 atom stereocenters. The Morgan fingerprint density at radius 1 is 1.30 bits per heavy atom. The van der Waals surface area contributed by atoms with E-state index in [2.05, 4.69) is 35.9 Å². The highest BCUT2D eigenvalue weighted by atomic mass is 32.2. The fourth-order valence-corrected chi connectivity index (χ4v) is 3.78. The van der Waals surface area contributed by atoms with E-state index in [0.29, 0.717) is 21.6 Å². The van der Waals surface area contributed by atoms with Crippen LogP contribution in [0.3, 0.4) is 0 Å². The van der Waals surface area contributed by atoms with E-state index in [0.717, 1.165) is 5.01 Å². The number of aromatic nitrogens is 7. The Morgan fingerprint density at radius 2 is 2.13 bits per heavy atom. The topological polar surface area (TPSA) is 115 Å². The molecule has 3 aromatic heterocycles. The minimum absolute atomic E-state index is 0.0999. The highest BCUT2D eigenvalue weighted by Crippen LogP contribution is 2.23. The van der Waals surface area contributed by atoms with Crippen LogP contribution in [0.15, 0.2) is 40.9 Å². The summed E-state index contributed by atoms with van der Waals surface area (Å²) in [5.74, 6) is 0.0827. The lowest BCUT2D eigenvalue weighted by molar-refractivity contribution is -0.113. The number of hydrogen-bond donors (Lipinski definition) is 1. The zero-order valence-electron chi connectivity index (χ0n) is 15.9. The van der Waals surface area contributed by atoms with Gasteiger partial charge >= 0.3 is 0 Å². The van der Waals surface area contributed by atoms with Crippen molar-refractivity contribution in [3.8, 4) is 0 Å². The van der Waals surface area contributed by atoms with Gasteiger partial charge in [0, 0.05) is 11.5 Å². The molecule has 0 aliphatic rings. The number of nitrogens with one attached hydrogen (secondary N) is 1. The van der Waals surface area contributed by atoms with Crippen LogP contribution in [0.2, 0.25) is 0 Å². The van der Waals surface area contributed by atoms with Gasteiger partial charge in [0.2, 0.25) is 16.2 Å². The van der Waals surface area contributed by atoms with E-state index in [-0.39, 0.29) is 23.4 Å². The smallest absolute Gasteiger partial charge is 0.275 e. The number of fused-ring (bicyclic) bond motifs is 1. The van der Waals surface area contributed by atoms with Crippen molar-refractivity contribution in [2.24, 2.45) is 5.10 Å². The van der Waals surface area contributed by atoms with Crippen molar-refractivity contribution in [2.45, 2.75) is 24.9 Å². The summed E-state index contributed by atoms with van der Waals surface area (Å²) in [7, 11) is 0. The number of anilines is 1. The van der Waals surface area contributed by atoms with Crippen LogP contribution in [0, 0.1) is 5.82 Å². The molecule has 0 bridgehead atoms. The number of thioether (sulfide) groups is 1. The fraction of sp³-hybridized carbons (Fsp3) is 0.235. The Morgan fingerprint density at radius 3 is 2.90 bits per heavy atom. The van der Waals surface area contributed by atoms with Crippen LogP contribution < -0.4 is 5.32 Å². The molecule has 1 amide bonds. The molecule has 4 rings (SSSR count). The highest BCUT2D eigenvalue weighted by molar-refractivity contribution is 7.99. The zero-order valence-corrected chi connectivity index (χ0v) is 17.6. The average molecular weight is 446 g/mol. The van der Waals surface area contributed by atoms with Gasteiger partial charge in [-0.3, -0.25) is 10.1 Å². The Bertz CT molecular complexity index is 1210. The molecule has 0 radical (unpaired) electrons. The molecule has 10 nitrogen and oxygen atoms in total. The maximum absolute atomic E-state index is 13.7. The number of halogens is 1. The quantitative estimate of drug-likeness (QED) is 0.343. The standard InChI is InChI=1S/C17H16FN9OS2/c1-10(2)14-22-23-15(30-14)21-13(28)8-29-17-25-24-16-26(9-20-27(16)17)19-7-11-5-3-4-6-12(11)18/h3-7,9-10H,8H2,1-2H3,(H,21,23,28). The molecule has 0 aliphatic carbocycles. The van der Waals surface area contributed by atoms with Gasteiger partial charge in [-0.1, -0.05) is 55.1 Å². The molecule has 4 aromatic rings. The van der Waals surface area contributed by atoms with Gasteiger partial charge in [0.1, 0.15) is 17.2 Å². The number of benzene rings is 1. The van der Waals surface area contributed by atoms with Gasteiger partial charge in [0.05, 0.1) is 12.0 Å². The minimum atomic E-state index is -0.378. The van der Waals surface area contributed by atoms with Crippen LogP contribution in [0.5, 0.6) is 0 Å². The van der Waals surface area contributed by atoms with Crippen molar-refractivity contribution < 1.29 is 9.18 Å². The lowest BCUT2D eigenvalue weighted by atomic mass is 10.2. The summed E-state index contributed by atoms with van der Waals surface area (Å²) in [6, 6.07) is 6.29. The molecule has 154 valence electrons. The SMILES string of the molecule is CC(C)c1nnc(NC(=O)CSc2nnc3n(N=Cc4ccccc4F)cnn23)s1. The van der Waals surface area contributed by atoms with Crippen LogP contribution in [0.25, 0.3) is 5.78 Å². The van der Waals surface area contributed by atoms with E-state index in [1.807, 2.05) is 13.8 Å². The third-order valence-corrected chi connectivity index (χ3v) is 5.88. The summed E-state index contributed by atoms with van der Waals surface area (Å²) in [5, 5.41) is 28.9. The van der Waals surface area contributed by atoms with Crippen LogP contribution >= 0.6 is 23.1 Å². The summed E-state index contributed by atoms with van der Waals surface area (Å²) >= 11 is 2.52. The van der Waals surface area contributed by atoms with Crippen LogP contribution in [-0.2, 0) is 4.79 Å². The lowest BCUT2D eigenvalue weighted by Crippen LogP contribution is -2.14. The largest absolute Gasteiger partial charge is 0.300 e. The number of amides is 1. The third-order valence-electron chi connectivity index (χ3n) is 3.82. The first kappa shape index (κ1) is 20.1. The van der Waals surface area contributed by atoms with Gasteiger partial charge < -0.3 is 0 Å². The van der Waals surface area contributed by atoms with Gasteiger partial charge in [-0.15, -0.1) is 20.4 Å². The van der Waals surface area contributed by atoms with E-state index in [4.69, 9.17) is 0 Å². The number of carbonyl (C=O) groups excluding carboxylic acids is 1. The first-order valence-corrected chi connectivity index (χ1v) is 10.6. The molecule has 0 saturated heterocycles. The van der Waals surface area contributed by atoms with Crippen LogP contribution in [-0.4, -0.2) is 52.6 Å². The Hall–Kier alpha value is -3.19. The van der Waals surface area contributed by atoms with E-state index in [9.17, 15) is 9.18 Å². The molecule has 0 fully saturated rings. The molecule has 1 aromatic carbocycles. The van der Waals surface area contributed by atoms with E-state index in [1.54, 1.807) is 18.2 Å². The van der Waals surface area contributed by atoms with Crippen molar-refractivity contribution in [2.75, 3.05) is 11.1 Å². The number of rotatable bonds is 7. The van der Waals surface area contributed by atoms with Crippen molar-refractivity contribution in [1.29, 1.82) is 0 Å². The molecule has 0 unspecified atom stereocenters. The molecular weight excluding hydrogens is 429 g/mol. The fourth-order valence-electron chi connectivity index (χ4n) is 2.33. The van der Waals surface area contributed by atoms with Crippen molar-refractivity contribution in [3.63, 3.8) is 0 Å². The Balaban J connectivity index is 1.40. The van der Waals surface area contributed by atoms with E-state index >= 15 is 0 Å². The van der Waals surface area contributed by atoms with Gasteiger partial charge in [0.25, 0.3) is 5.78 Å². The maximum Gasteiger partial charge on any atom is 0.275 e. The summed E-state index contributed by atoms with van der Waals surface area (Å²) in [6.07, 6.45) is 2.81.